The molecule has 1 aromatic rings. The maximum Gasteiger partial charge on any atom is 0.243 e. The van der Waals surface area contributed by atoms with Crippen LogP contribution in [0.25, 0.3) is 0 Å². The Bertz CT molecular complexity index is 771. The lowest BCUT2D eigenvalue weighted by atomic mass is 10.0. The van der Waals surface area contributed by atoms with E-state index >= 15 is 0 Å². The van der Waals surface area contributed by atoms with Crippen molar-refractivity contribution in [2.24, 2.45) is 0 Å². The van der Waals surface area contributed by atoms with E-state index in [1.54, 1.807) is 6.92 Å². The highest BCUT2D eigenvalue weighted by Crippen LogP contribution is 2.15. The van der Waals surface area contributed by atoms with Crippen molar-refractivity contribution in [3.05, 3.63) is 35.4 Å². The Hall–Kier alpha value is -1.93. The molecule has 0 aromatic heterocycles. The Morgan fingerprint density at radius 2 is 1.93 bits per heavy atom. The molecule has 1 aliphatic heterocycles. The highest BCUT2D eigenvalue weighted by molar-refractivity contribution is 7.89. The molecule has 8 heteroatoms. The average Bonchev–Trinajstić information content (AvgIpc) is 2.61. The fourth-order valence-corrected chi connectivity index (χ4v) is 4.42. The number of nitrogens with zero attached hydrogens (tertiary/aromatic N) is 1. The SMILES string of the molecule is CCS(=O)(=O)N1CCC(NC(=O)C(Cc2cccc(C)c2)NC(C)=O)CC1. The molecular formula is C19H29N3O4S. The molecule has 1 heterocycles. The molecule has 2 amide bonds. The second kappa shape index (κ2) is 9.32. The second-order valence-corrected chi connectivity index (χ2v) is 9.29. The van der Waals surface area contributed by atoms with Crippen LogP contribution in [0.15, 0.2) is 24.3 Å². The summed E-state index contributed by atoms with van der Waals surface area (Å²) in [5.74, 6) is -0.402. The van der Waals surface area contributed by atoms with Crippen LogP contribution >= 0.6 is 0 Å². The van der Waals surface area contributed by atoms with Gasteiger partial charge in [0.15, 0.2) is 0 Å². The number of aryl methyl sites for hydroxylation is 1. The number of piperidine rings is 1. The fourth-order valence-electron chi connectivity index (χ4n) is 3.29. The van der Waals surface area contributed by atoms with Gasteiger partial charge in [0.25, 0.3) is 0 Å². The largest absolute Gasteiger partial charge is 0.351 e. The highest BCUT2D eigenvalue weighted by Gasteiger charge is 2.29. The molecule has 1 aliphatic rings. The first-order valence-corrected chi connectivity index (χ1v) is 10.9. The molecule has 2 rings (SSSR count). The Balaban J connectivity index is 1.97. The number of carbonyl (C=O) groups is 2. The lowest BCUT2D eigenvalue weighted by molar-refractivity contribution is -0.128. The van der Waals surface area contributed by atoms with Crippen molar-refractivity contribution in [3.63, 3.8) is 0 Å². The summed E-state index contributed by atoms with van der Waals surface area (Å²) >= 11 is 0. The standard InChI is InChI=1S/C19H29N3O4S/c1-4-27(25,26)22-10-8-17(9-11-22)21-19(24)18(20-15(3)23)13-16-7-5-6-14(2)12-16/h5-7,12,17-18H,4,8-11,13H2,1-3H3,(H,20,23)(H,21,24). The van der Waals surface area contributed by atoms with Crippen molar-refractivity contribution in [2.75, 3.05) is 18.8 Å². The lowest BCUT2D eigenvalue weighted by Gasteiger charge is -2.32. The lowest BCUT2D eigenvalue weighted by Crippen LogP contribution is -2.53. The van der Waals surface area contributed by atoms with Gasteiger partial charge in [-0.15, -0.1) is 0 Å². The van der Waals surface area contributed by atoms with Crippen LogP contribution in [0.2, 0.25) is 0 Å². The predicted octanol–water partition coefficient (Wildman–Crippen LogP) is 0.973. The average molecular weight is 396 g/mol. The highest BCUT2D eigenvalue weighted by atomic mass is 32.2. The molecule has 1 saturated heterocycles. The van der Waals surface area contributed by atoms with Crippen LogP contribution < -0.4 is 10.6 Å². The van der Waals surface area contributed by atoms with Gasteiger partial charge in [-0.3, -0.25) is 9.59 Å². The van der Waals surface area contributed by atoms with E-state index in [0.717, 1.165) is 11.1 Å². The number of sulfonamides is 1. The van der Waals surface area contributed by atoms with Gasteiger partial charge < -0.3 is 10.6 Å². The minimum atomic E-state index is -3.19. The molecule has 150 valence electrons. The number of nitrogens with one attached hydrogen (secondary N) is 2. The van der Waals surface area contributed by atoms with Crippen molar-refractivity contribution in [3.8, 4) is 0 Å². The summed E-state index contributed by atoms with van der Waals surface area (Å²) in [6.07, 6.45) is 1.56. The maximum atomic E-state index is 12.7. The van der Waals surface area contributed by atoms with Crippen LogP contribution in [0, 0.1) is 6.92 Å². The second-order valence-electron chi connectivity index (χ2n) is 7.03. The van der Waals surface area contributed by atoms with Gasteiger partial charge in [0.1, 0.15) is 6.04 Å². The number of amides is 2. The molecule has 1 aromatic carbocycles. The molecule has 1 fully saturated rings. The van der Waals surface area contributed by atoms with E-state index in [-0.39, 0.29) is 23.6 Å². The summed E-state index contributed by atoms with van der Waals surface area (Å²) in [7, 11) is -3.19. The van der Waals surface area contributed by atoms with E-state index in [0.29, 0.717) is 32.4 Å². The van der Waals surface area contributed by atoms with Gasteiger partial charge in [-0.05, 0) is 32.3 Å². The number of benzene rings is 1. The van der Waals surface area contributed by atoms with E-state index in [2.05, 4.69) is 10.6 Å². The van der Waals surface area contributed by atoms with Crippen LogP contribution in [-0.2, 0) is 26.0 Å². The van der Waals surface area contributed by atoms with Crippen molar-refractivity contribution in [2.45, 2.75) is 52.1 Å². The summed E-state index contributed by atoms with van der Waals surface area (Å²) in [5, 5.41) is 5.70. The Kier molecular flexibility index (Phi) is 7.38. The van der Waals surface area contributed by atoms with Gasteiger partial charge in [0.2, 0.25) is 21.8 Å². The molecule has 0 saturated carbocycles. The van der Waals surface area contributed by atoms with Gasteiger partial charge in [-0.1, -0.05) is 29.8 Å². The molecule has 0 bridgehead atoms. The van der Waals surface area contributed by atoms with Gasteiger partial charge in [-0.25, -0.2) is 12.7 Å². The van der Waals surface area contributed by atoms with E-state index < -0.39 is 16.1 Å². The first kappa shape index (κ1) is 21.4. The van der Waals surface area contributed by atoms with Gasteiger partial charge in [0.05, 0.1) is 5.75 Å². The van der Waals surface area contributed by atoms with Gasteiger partial charge in [0, 0.05) is 32.5 Å². The van der Waals surface area contributed by atoms with E-state index in [9.17, 15) is 18.0 Å². The van der Waals surface area contributed by atoms with Crippen molar-refractivity contribution in [1.29, 1.82) is 0 Å². The first-order chi connectivity index (χ1) is 12.7. The molecule has 7 nitrogen and oxygen atoms in total. The third-order valence-electron chi connectivity index (χ3n) is 4.77. The summed E-state index contributed by atoms with van der Waals surface area (Å²) in [5.41, 5.74) is 2.08. The number of hydrogen-bond donors (Lipinski definition) is 2. The molecule has 0 aliphatic carbocycles. The molecule has 2 N–H and O–H groups in total. The Morgan fingerprint density at radius 1 is 1.26 bits per heavy atom. The van der Waals surface area contributed by atoms with Gasteiger partial charge >= 0.3 is 0 Å². The summed E-state index contributed by atoms with van der Waals surface area (Å²) < 4.78 is 25.3. The zero-order chi connectivity index (χ0) is 20.0. The maximum absolute atomic E-state index is 12.7. The number of rotatable bonds is 7. The smallest absolute Gasteiger partial charge is 0.243 e. The molecule has 27 heavy (non-hydrogen) atoms. The summed E-state index contributed by atoms with van der Waals surface area (Å²) in [6.45, 7) is 5.82. The first-order valence-electron chi connectivity index (χ1n) is 9.32. The molecular weight excluding hydrogens is 366 g/mol. The minimum Gasteiger partial charge on any atom is -0.351 e. The normalized spacial score (nSPS) is 17.3. The van der Waals surface area contributed by atoms with E-state index in [1.807, 2.05) is 31.2 Å². The van der Waals surface area contributed by atoms with Crippen molar-refractivity contribution in [1.82, 2.24) is 14.9 Å². The third-order valence-corrected chi connectivity index (χ3v) is 6.66. The van der Waals surface area contributed by atoms with Gasteiger partial charge in [-0.2, -0.15) is 0 Å². The van der Waals surface area contributed by atoms with Crippen molar-refractivity contribution >= 4 is 21.8 Å². The summed E-state index contributed by atoms with van der Waals surface area (Å²) in [4.78, 5) is 24.2. The zero-order valence-electron chi connectivity index (χ0n) is 16.2. The topological polar surface area (TPSA) is 95.6 Å². The Labute approximate surface area is 161 Å². The van der Waals surface area contributed by atoms with Crippen LogP contribution in [0.4, 0.5) is 0 Å². The quantitative estimate of drug-likeness (QED) is 0.719. The van der Waals surface area contributed by atoms with Crippen LogP contribution in [0.5, 0.6) is 0 Å². The van der Waals surface area contributed by atoms with Crippen LogP contribution in [-0.4, -0.2) is 55.5 Å². The van der Waals surface area contributed by atoms with E-state index in [1.165, 1.54) is 11.2 Å². The van der Waals surface area contributed by atoms with E-state index in [4.69, 9.17) is 0 Å². The molecule has 1 unspecified atom stereocenters. The molecule has 0 radical (unpaired) electrons. The third kappa shape index (κ3) is 6.32. The fraction of sp³-hybridized carbons (Fsp3) is 0.579. The predicted molar refractivity (Wildman–Crippen MR) is 105 cm³/mol. The minimum absolute atomic E-state index is 0.0884. The van der Waals surface area contributed by atoms with Crippen molar-refractivity contribution < 1.29 is 18.0 Å². The zero-order valence-corrected chi connectivity index (χ0v) is 17.0. The van der Waals surface area contributed by atoms with Crippen LogP contribution in [0.3, 0.4) is 0 Å². The monoisotopic (exact) mass is 395 g/mol. The summed E-state index contributed by atoms with van der Waals surface area (Å²) in [6, 6.07) is 7.10. The number of hydrogen-bond acceptors (Lipinski definition) is 4. The Morgan fingerprint density at radius 3 is 2.48 bits per heavy atom. The molecule has 0 spiro atoms. The number of carbonyl (C=O) groups excluding carboxylic acids is 2. The molecule has 1 atom stereocenters. The van der Waals surface area contributed by atoms with Crippen LogP contribution in [0.1, 0.15) is 37.8 Å².